The van der Waals surface area contributed by atoms with Gasteiger partial charge >= 0.3 is 0 Å². The summed E-state index contributed by atoms with van der Waals surface area (Å²) in [5.41, 5.74) is -0.962. The highest BCUT2D eigenvalue weighted by molar-refractivity contribution is 7.89. The molecule has 1 aliphatic rings. The normalized spacial score (nSPS) is 24.6. The second-order valence-corrected chi connectivity index (χ2v) is 6.77. The van der Waals surface area contributed by atoms with Gasteiger partial charge in [-0.15, -0.1) is 0 Å². The smallest absolute Gasteiger partial charge is 0.242 e. The fourth-order valence-electron chi connectivity index (χ4n) is 2.14. The summed E-state index contributed by atoms with van der Waals surface area (Å²) in [6, 6.07) is 8.26. The molecule has 1 atom stereocenters. The molecule has 1 aromatic carbocycles. The Labute approximate surface area is 107 Å². The van der Waals surface area contributed by atoms with Crippen LogP contribution in [0.25, 0.3) is 0 Å². The van der Waals surface area contributed by atoms with Crippen LogP contribution in [-0.2, 0) is 10.0 Å². The number of benzene rings is 1. The number of likely N-dealkylation sites (N-methyl/N-ethyl adjacent to an activating group) is 1. The molecule has 0 bridgehead atoms. The number of nitrogens with one attached hydrogen (secondary N) is 1. The number of hydrogen-bond acceptors (Lipinski definition) is 4. The standard InChI is InChI=1S/C12H18N2O3S/c1-14(10-12(15)7-8-13-9-12)18(16,17)11-5-3-2-4-6-11/h2-6,13,15H,7-10H2,1H3. The quantitative estimate of drug-likeness (QED) is 0.810. The van der Waals surface area contributed by atoms with Crippen molar-refractivity contribution in [2.24, 2.45) is 0 Å². The molecular weight excluding hydrogens is 252 g/mol. The van der Waals surface area contributed by atoms with Gasteiger partial charge in [-0.2, -0.15) is 4.31 Å². The van der Waals surface area contributed by atoms with Crippen molar-refractivity contribution in [3.63, 3.8) is 0 Å². The zero-order valence-electron chi connectivity index (χ0n) is 10.3. The third-order valence-corrected chi connectivity index (χ3v) is 5.01. The average molecular weight is 270 g/mol. The molecule has 0 radical (unpaired) electrons. The Bertz CT molecular complexity index is 495. The van der Waals surface area contributed by atoms with E-state index < -0.39 is 15.6 Å². The lowest BCUT2D eigenvalue weighted by molar-refractivity contribution is 0.0462. The molecule has 6 heteroatoms. The zero-order chi connectivity index (χ0) is 13.2. The molecule has 0 spiro atoms. The highest BCUT2D eigenvalue weighted by Gasteiger charge is 2.35. The summed E-state index contributed by atoms with van der Waals surface area (Å²) >= 11 is 0. The Morgan fingerprint density at radius 3 is 2.61 bits per heavy atom. The maximum absolute atomic E-state index is 12.3. The summed E-state index contributed by atoms with van der Waals surface area (Å²) in [7, 11) is -2.02. The molecule has 1 aromatic rings. The van der Waals surface area contributed by atoms with Gasteiger partial charge in [0.15, 0.2) is 0 Å². The summed E-state index contributed by atoms with van der Waals surface area (Å²) in [5.74, 6) is 0. The van der Waals surface area contributed by atoms with Crippen LogP contribution in [0.3, 0.4) is 0 Å². The lowest BCUT2D eigenvalue weighted by Gasteiger charge is -2.27. The Morgan fingerprint density at radius 1 is 1.39 bits per heavy atom. The average Bonchev–Trinajstić information content (AvgIpc) is 2.77. The van der Waals surface area contributed by atoms with Crippen LogP contribution in [0.2, 0.25) is 0 Å². The van der Waals surface area contributed by atoms with Crippen LogP contribution in [0.5, 0.6) is 0 Å². The zero-order valence-corrected chi connectivity index (χ0v) is 11.2. The van der Waals surface area contributed by atoms with Crippen LogP contribution in [0.15, 0.2) is 35.2 Å². The summed E-state index contributed by atoms with van der Waals surface area (Å²) in [6.45, 7) is 1.26. The van der Waals surface area contributed by atoms with E-state index in [2.05, 4.69) is 5.32 Å². The summed E-state index contributed by atoms with van der Waals surface area (Å²) in [5, 5.41) is 13.2. The van der Waals surface area contributed by atoms with E-state index in [1.807, 2.05) is 0 Å². The van der Waals surface area contributed by atoms with Gasteiger partial charge in [0.05, 0.1) is 10.5 Å². The molecule has 1 saturated heterocycles. The van der Waals surface area contributed by atoms with E-state index in [-0.39, 0.29) is 11.4 Å². The fraction of sp³-hybridized carbons (Fsp3) is 0.500. The van der Waals surface area contributed by atoms with Gasteiger partial charge in [0, 0.05) is 20.1 Å². The van der Waals surface area contributed by atoms with Gasteiger partial charge in [0.25, 0.3) is 0 Å². The highest BCUT2D eigenvalue weighted by Crippen LogP contribution is 2.20. The van der Waals surface area contributed by atoms with E-state index in [1.54, 1.807) is 30.3 Å². The van der Waals surface area contributed by atoms with E-state index in [0.29, 0.717) is 13.0 Å². The lowest BCUT2D eigenvalue weighted by Crippen LogP contribution is -2.45. The molecule has 18 heavy (non-hydrogen) atoms. The van der Waals surface area contributed by atoms with E-state index in [1.165, 1.54) is 11.4 Å². The first-order valence-electron chi connectivity index (χ1n) is 5.89. The first-order valence-corrected chi connectivity index (χ1v) is 7.33. The minimum absolute atomic E-state index is 0.108. The van der Waals surface area contributed by atoms with Crippen molar-refractivity contribution < 1.29 is 13.5 Å². The van der Waals surface area contributed by atoms with Gasteiger partial charge in [-0.3, -0.25) is 0 Å². The number of sulfonamides is 1. The molecule has 1 aliphatic heterocycles. The van der Waals surface area contributed by atoms with Crippen molar-refractivity contribution in [3.8, 4) is 0 Å². The summed E-state index contributed by atoms with van der Waals surface area (Å²) in [4.78, 5) is 0.252. The van der Waals surface area contributed by atoms with Gasteiger partial charge in [-0.05, 0) is 25.1 Å². The second-order valence-electron chi connectivity index (χ2n) is 4.73. The Hall–Kier alpha value is -0.950. The van der Waals surface area contributed by atoms with Crippen LogP contribution in [0, 0.1) is 0 Å². The third kappa shape index (κ3) is 2.72. The SMILES string of the molecule is CN(CC1(O)CCNC1)S(=O)(=O)c1ccccc1. The van der Waals surface area contributed by atoms with Gasteiger partial charge < -0.3 is 10.4 Å². The minimum Gasteiger partial charge on any atom is -0.387 e. The monoisotopic (exact) mass is 270 g/mol. The van der Waals surface area contributed by atoms with E-state index in [4.69, 9.17) is 0 Å². The Morgan fingerprint density at radius 2 is 2.06 bits per heavy atom. The third-order valence-electron chi connectivity index (χ3n) is 3.19. The lowest BCUT2D eigenvalue weighted by atomic mass is 10.0. The largest absolute Gasteiger partial charge is 0.387 e. The number of β-amino-alcohol motifs (C(OH)–C–C–N with tert-alkyl or cyclic N) is 1. The van der Waals surface area contributed by atoms with Crippen LogP contribution >= 0.6 is 0 Å². The summed E-state index contributed by atoms with van der Waals surface area (Å²) < 4.78 is 25.7. The van der Waals surface area contributed by atoms with Crippen molar-refractivity contribution in [2.45, 2.75) is 16.9 Å². The van der Waals surface area contributed by atoms with Gasteiger partial charge in [-0.25, -0.2) is 8.42 Å². The molecule has 2 rings (SSSR count). The van der Waals surface area contributed by atoms with Gasteiger partial charge in [0.1, 0.15) is 0 Å². The van der Waals surface area contributed by atoms with Crippen molar-refractivity contribution >= 4 is 10.0 Å². The van der Waals surface area contributed by atoms with Crippen molar-refractivity contribution in [2.75, 3.05) is 26.7 Å². The highest BCUT2D eigenvalue weighted by atomic mass is 32.2. The molecule has 0 aromatic heterocycles. The molecule has 0 saturated carbocycles. The molecule has 0 amide bonds. The molecule has 1 unspecified atom stereocenters. The van der Waals surface area contributed by atoms with Crippen LogP contribution < -0.4 is 5.32 Å². The van der Waals surface area contributed by atoms with E-state index in [0.717, 1.165) is 6.54 Å². The Balaban J connectivity index is 2.16. The molecule has 1 heterocycles. The van der Waals surface area contributed by atoms with Crippen molar-refractivity contribution in [1.29, 1.82) is 0 Å². The summed E-state index contributed by atoms with van der Waals surface area (Å²) in [6.07, 6.45) is 0.571. The molecular formula is C12H18N2O3S. The van der Waals surface area contributed by atoms with Gasteiger partial charge in [-0.1, -0.05) is 18.2 Å². The number of aliphatic hydroxyl groups is 1. The molecule has 2 N–H and O–H groups in total. The fourth-order valence-corrected chi connectivity index (χ4v) is 3.41. The van der Waals surface area contributed by atoms with E-state index in [9.17, 15) is 13.5 Å². The number of rotatable bonds is 4. The second kappa shape index (κ2) is 4.97. The van der Waals surface area contributed by atoms with Crippen molar-refractivity contribution in [3.05, 3.63) is 30.3 Å². The maximum atomic E-state index is 12.3. The maximum Gasteiger partial charge on any atom is 0.242 e. The van der Waals surface area contributed by atoms with Crippen molar-refractivity contribution in [1.82, 2.24) is 9.62 Å². The van der Waals surface area contributed by atoms with Crippen LogP contribution in [0.1, 0.15) is 6.42 Å². The minimum atomic E-state index is -3.52. The predicted molar refractivity (Wildman–Crippen MR) is 68.7 cm³/mol. The Kier molecular flexibility index (Phi) is 3.72. The first-order chi connectivity index (χ1) is 8.44. The van der Waals surface area contributed by atoms with E-state index >= 15 is 0 Å². The molecule has 1 fully saturated rings. The topological polar surface area (TPSA) is 69.6 Å². The predicted octanol–water partition coefficient (Wildman–Crippen LogP) is 0.0315. The van der Waals surface area contributed by atoms with Crippen LogP contribution in [0.4, 0.5) is 0 Å². The van der Waals surface area contributed by atoms with Gasteiger partial charge in [0.2, 0.25) is 10.0 Å². The molecule has 0 aliphatic carbocycles. The first kappa shape index (κ1) is 13.5. The number of hydrogen-bond donors (Lipinski definition) is 2. The molecule has 5 nitrogen and oxygen atoms in total. The molecule has 100 valence electrons. The van der Waals surface area contributed by atoms with Crippen LogP contribution in [-0.4, -0.2) is 50.1 Å². The number of nitrogens with zero attached hydrogens (tertiary/aromatic N) is 1.